The number of aromatic nitrogens is 3. The number of hydrogen-bond acceptors (Lipinski definition) is 9. The van der Waals surface area contributed by atoms with Crippen molar-refractivity contribution in [3.63, 3.8) is 0 Å². The Labute approximate surface area is 185 Å². The first kappa shape index (κ1) is 22.0. The minimum absolute atomic E-state index is 0.101. The third-order valence-electron chi connectivity index (χ3n) is 5.13. The Morgan fingerprint density at radius 1 is 1.03 bits per heavy atom. The zero-order chi connectivity index (χ0) is 22.9. The molecular weight excluding hydrogens is 438 g/mol. The van der Waals surface area contributed by atoms with Gasteiger partial charge >= 0.3 is 0 Å². The molecule has 11 nitrogen and oxygen atoms in total. The predicted octanol–water partition coefficient (Wildman–Crippen LogP) is 1.71. The lowest BCUT2D eigenvalue weighted by Crippen LogP contribution is -2.50. The molecule has 1 aliphatic heterocycles. The maximum atomic E-state index is 12.9. The van der Waals surface area contributed by atoms with Crippen LogP contribution in [-0.4, -0.2) is 65.0 Å². The highest BCUT2D eigenvalue weighted by molar-refractivity contribution is 7.89. The first-order valence-corrected chi connectivity index (χ1v) is 11.4. The summed E-state index contributed by atoms with van der Waals surface area (Å²) in [7, 11) is -3.72. The number of rotatable bonds is 6. The number of hydrogen-bond donors (Lipinski definition) is 0. The number of aryl methyl sites for hydroxylation is 3. The highest BCUT2D eigenvalue weighted by atomic mass is 32.2. The average molecular weight is 462 g/mol. The van der Waals surface area contributed by atoms with Crippen LogP contribution in [0.15, 0.2) is 38.2 Å². The van der Waals surface area contributed by atoms with Crippen molar-refractivity contribution in [1.82, 2.24) is 24.5 Å². The summed E-state index contributed by atoms with van der Waals surface area (Å²) in [5, 5.41) is 7.49. The molecule has 0 unspecified atom stereocenters. The summed E-state index contributed by atoms with van der Waals surface area (Å²) < 4.78 is 42.7. The molecule has 0 N–H and O–H groups in total. The maximum absolute atomic E-state index is 12.9. The van der Waals surface area contributed by atoms with Gasteiger partial charge in [0.05, 0.1) is 0 Å². The van der Waals surface area contributed by atoms with E-state index in [4.69, 9.17) is 13.8 Å². The van der Waals surface area contributed by atoms with Crippen molar-refractivity contribution in [2.45, 2.75) is 32.3 Å². The number of piperazine rings is 1. The van der Waals surface area contributed by atoms with Crippen molar-refractivity contribution in [2.75, 3.05) is 26.2 Å². The van der Waals surface area contributed by atoms with E-state index in [1.54, 1.807) is 49.9 Å². The molecule has 170 valence electrons. The summed E-state index contributed by atoms with van der Waals surface area (Å²) in [5.74, 6) is 1.56. The minimum Gasteiger partial charge on any atom is -0.485 e. The highest BCUT2D eigenvalue weighted by Gasteiger charge is 2.34. The van der Waals surface area contributed by atoms with E-state index >= 15 is 0 Å². The minimum atomic E-state index is -3.72. The highest BCUT2D eigenvalue weighted by Crippen LogP contribution is 2.24. The summed E-state index contributed by atoms with van der Waals surface area (Å²) in [6.45, 7) is 6.00. The quantitative estimate of drug-likeness (QED) is 0.538. The molecule has 32 heavy (non-hydrogen) atoms. The van der Waals surface area contributed by atoms with E-state index in [0.29, 0.717) is 28.7 Å². The third kappa shape index (κ3) is 4.36. The van der Waals surface area contributed by atoms with E-state index < -0.39 is 10.0 Å². The molecule has 1 amide bonds. The van der Waals surface area contributed by atoms with Crippen LogP contribution in [0.4, 0.5) is 0 Å². The Morgan fingerprint density at radius 3 is 2.28 bits per heavy atom. The molecule has 1 fully saturated rings. The normalized spacial score (nSPS) is 15.2. The molecule has 0 aliphatic carbocycles. The Hall–Kier alpha value is -3.25. The molecule has 0 bridgehead atoms. The van der Waals surface area contributed by atoms with Crippen LogP contribution >= 0.6 is 0 Å². The second-order valence-corrected chi connectivity index (χ2v) is 9.27. The zero-order valence-corrected chi connectivity index (χ0v) is 18.8. The van der Waals surface area contributed by atoms with Crippen LogP contribution in [0.1, 0.15) is 33.5 Å². The largest absolute Gasteiger partial charge is 0.485 e. The van der Waals surface area contributed by atoms with Gasteiger partial charge in [-0.25, -0.2) is 8.42 Å². The van der Waals surface area contributed by atoms with Crippen LogP contribution in [0, 0.1) is 20.8 Å². The summed E-state index contributed by atoms with van der Waals surface area (Å²) in [5.41, 5.74) is 0.826. The van der Waals surface area contributed by atoms with Crippen molar-refractivity contribution >= 4 is 15.9 Å². The number of nitrogens with zero attached hydrogens (tertiary/aromatic N) is 5. The van der Waals surface area contributed by atoms with Gasteiger partial charge < -0.3 is 18.7 Å². The monoisotopic (exact) mass is 461 g/mol. The lowest BCUT2D eigenvalue weighted by atomic mass is 10.2. The number of carbonyl (C=O) groups is 1. The lowest BCUT2D eigenvalue weighted by Gasteiger charge is -2.34. The van der Waals surface area contributed by atoms with Crippen molar-refractivity contribution in [3.05, 3.63) is 53.0 Å². The van der Waals surface area contributed by atoms with Gasteiger partial charge in [-0.1, -0.05) is 10.3 Å². The Morgan fingerprint density at radius 2 is 1.72 bits per heavy atom. The Balaban J connectivity index is 1.35. The van der Waals surface area contributed by atoms with E-state index in [2.05, 4.69) is 15.3 Å². The fourth-order valence-corrected chi connectivity index (χ4v) is 5.24. The molecule has 2 aromatic heterocycles. The van der Waals surface area contributed by atoms with Crippen LogP contribution < -0.4 is 4.74 Å². The Bertz CT molecular complexity index is 1190. The summed E-state index contributed by atoms with van der Waals surface area (Å²) in [4.78, 5) is 18.6. The van der Waals surface area contributed by atoms with E-state index in [1.807, 2.05) is 0 Å². The van der Waals surface area contributed by atoms with Crippen LogP contribution in [0.5, 0.6) is 5.75 Å². The SMILES string of the molecule is Cc1nc(COc2ccc(C(=O)N3CCN(S(=O)(=O)c4c(C)noc4C)CC3)cc2)no1. The van der Waals surface area contributed by atoms with Crippen LogP contribution in [-0.2, 0) is 16.6 Å². The molecule has 0 spiro atoms. The van der Waals surface area contributed by atoms with Gasteiger partial charge in [0.1, 0.15) is 16.3 Å². The Kier molecular flexibility index (Phi) is 5.98. The van der Waals surface area contributed by atoms with E-state index in [9.17, 15) is 13.2 Å². The van der Waals surface area contributed by atoms with Crippen molar-refractivity contribution in [1.29, 1.82) is 0 Å². The standard InChI is InChI=1S/C20H23N5O6S/c1-13-19(14(2)30-22-13)32(27,28)25-10-8-24(9-11-25)20(26)16-4-6-17(7-5-16)29-12-18-21-15(3)31-23-18/h4-7H,8-12H2,1-3H3. The van der Waals surface area contributed by atoms with Gasteiger partial charge in [0.2, 0.25) is 21.7 Å². The maximum Gasteiger partial charge on any atom is 0.253 e. The van der Waals surface area contributed by atoms with Gasteiger partial charge in [0.15, 0.2) is 12.4 Å². The fourth-order valence-electron chi connectivity index (χ4n) is 3.53. The van der Waals surface area contributed by atoms with Crippen LogP contribution in [0.2, 0.25) is 0 Å². The summed E-state index contributed by atoms with van der Waals surface area (Å²) in [6, 6.07) is 6.73. The second-order valence-electron chi connectivity index (χ2n) is 7.39. The van der Waals surface area contributed by atoms with Gasteiger partial charge in [-0.15, -0.1) is 0 Å². The van der Waals surface area contributed by atoms with Gasteiger partial charge in [-0.3, -0.25) is 4.79 Å². The van der Waals surface area contributed by atoms with Gasteiger partial charge in [0.25, 0.3) is 5.91 Å². The number of sulfonamides is 1. The zero-order valence-electron chi connectivity index (χ0n) is 17.9. The summed E-state index contributed by atoms with van der Waals surface area (Å²) >= 11 is 0. The molecule has 0 radical (unpaired) electrons. The lowest BCUT2D eigenvalue weighted by molar-refractivity contribution is 0.0697. The van der Waals surface area contributed by atoms with Gasteiger partial charge in [-0.2, -0.15) is 9.29 Å². The molecule has 1 saturated heterocycles. The number of ether oxygens (including phenoxy) is 1. The van der Waals surface area contributed by atoms with E-state index in [1.165, 1.54) is 4.31 Å². The average Bonchev–Trinajstić information content (AvgIpc) is 3.36. The molecule has 3 heterocycles. The topological polar surface area (TPSA) is 132 Å². The molecular formula is C20H23N5O6S. The van der Waals surface area contributed by atoms with Crippen molar-refractivity contribution in [2.24, 2.45) is 0 Å². The second kappa shape index (κ2) is 8.71. The molecule has 0 atom stereocenters. The predicted molar refractivity (Wildman–Crippen MR) is 110 cm³/mol. The number of benzene rings is 1. The molecule has 3 aromatic rings. The first-order valence-electron chi connectivity index (χ1n) is 10.00. The van der Waals surface area contributed by atoms with Crippen molar-refractivity contribution in [3.8, 4) is 5.75 Å². The van der Waals surface area contributed by atoms with Crippen molar-refractivity contribution < 1.29 is 27.0 Å². The first-order chi connectivity index (χ1) is 15.3. The smallest absolute Gasteiger partial charge is 0.253 e. The van der Waals surface area contributed by atoms with Gasteiger partial charge in [0, 0.05) is 38.7 Å². The molecule has 1 aromatic carbocycles. The van der Waals surface area contributed by atoms with Gasteiger partial charge in [-0.05, 0) is 38.1 Å². The molecule has 12 heteroatoms. The summed E-state index contributed by atoms with van der Waals surface area (Å²) in [6.07, 6.45) is 0. The van der Waals surface area contributed by atoms with Crippen LogP contribution in [0.25, 0.3) is 0 Å². The molecule has 1 aliphatic rings. The molecule has 4 rings (SSSR count). The number of amides is 1. The van der Waals surface area contributed by atoms with E-state index in [-0.39, 0.29) is 49.3 Å². The molecule has 0 saturated carbocycles. The third-order valence-corrected chi connectivity index (χ3v) is 7.27. The number of carbonyl (C=O) groups excluding carboxylic acids is 1. The fraction of sp³-hybridized carbons (Fsp3) is 0.400. The van der Waals surface area contributed by atoms with E-state index in [0.717, 1.165) is 0 Å². The van der Waals surface area contributed by atoms with Crippen LogP contribution in [0.3, 0.4) is 0 Å².